The van der Waals surface area contributed by atoms with Crippen molar-refractivity contribution in [1.82, 2.24) is 0 Å². The lowest BCUT2D eigenvalue weighted by Gasteiger charge is -2.51. The zero-order chi connectivity index (χ0) is 39.4. The Morgan fingerprint density at radius 2 is 1.15 bits per heavy atom. The molecule has 0 radical (unpaired) electrons. The summed E-state index contributed by atoms with van der Waals surface area (Å²) in [6, 6.07) is 11.2. The predicted molar refractivity (Wildman–Crippen MR) is 183 cm³/mol. The molecular formula is C38H38O16. The number of benzene rings is 3. The van der Waals surface area contributed by atoms with Crippen LogP contribution in [0.1, 0.15) is 22.6 Å². The molecule has 0 amide bonds. The fourth-order valence-electron chi connectivity index (χ4n) is 6.90. The summed E-state index contributed by atoms with van der Waals surface area (Å²) in [6.07, 6.45) is -3.05. The summed E-state index contributed by atoms with van der Waals surface area (Å²) < 4.78 is 20.6. The molecule has 0 aromatic heterocycles. The maximum atomic E-state index is 14.2. The van der Waals surface area contributed by atoms with Crippen molar-refractivity contribution in [1.29, 1.82) is 0 Å². The van der Waals surface area contributed by atoms with E-state index in [0.29, 0.717) is 5.56 Å². The number of aromatic hydroxyl groups is 6. The van der Waals surface area contributed by atoms with Crippen molar-refractivity contribution in [3.8, 4) is 34.5 Å². The van der Waals surface area contributed by atoms with E-state index in [4.69, 9.17) is 18.9 Å². The molecule has 3 aliphatic rings. The van der Waals surface area contributed by atoms with Crippen LogP contribution in [0.5, 0.6) is 34.5 Å². The van der Waals surface area contributed by atoms with Gasteiger partial charge in [-0.1, -0.05) is 30.4 Å². The van der Waals surface area contributed by atoms with Gasteiger partial charge in [-0.3, -0.25) is 4.79 Å². The number of hydrogen-bond acceptors (Lipinski definition) is 16. The highest BCUT2D eigenvalue weighted by molar-refractivity contribution is 5.87. The second-order valence-corrected chi connectivity index (χ2v) is 12.8. The Bertz CT molecular complexity index is 1990. The fraction of sp³-hybridized carbons (Fsp3) is 0.316. The highest BCUT2D eigenvalue weighted by Crippen LogP contribution is 2.54. The van der Waals surface area contributed by atoms with Gasteiger partial charge in [0.25, 0.3) is 0 Å². The summed E-state index contributed by atoms with van der Waals surface area (Å²) in [5, 5.41) is 81.9. The van der Waals surface area contributed by atoms with E-state index in [1.807, 2.05) is 0 Å². The number of aliphatic hydroxyl groups excluding tert-OH is 2. The number of phenols is 6. The summed E-state index contributed by atoms with van der Waals surface area (Å²) in [5.41, 5.74) is 1.03. The van der Waals surface area contributed by atoms with Crippen LogP contribution in [0.3, 0.4) is 0 Å². The molecule has 54 heavy (non-hydrogen) atoms. The summed E-state index contributed by atoms with van der Waals surface area (Å²) in [7, 11) is 2.14. The van der Waals surface area contributed by atoms with E-state index in [1.54, 1.807) is 0 Å². The zero-order valence-electron chi connectivity index (χ0n) is 28.8. The van der Waals surface area contributed by atoms with Crippen LogP contribution >= 0.6 is 0 Å². The first-order valence-corrected chi connectivity index (χ1v) is 16.5. The van der Waals surface area contributed by atoms with Crippen LogP contribution in [-0.2, 0) is 51.0 Å². The summed E-state index contributed by atoms with van der Waals surface area (Å²) >= 11 is 0. The molecule has 1 saturated carbocycles. The Morgan fingerprint density at radius 3 is 1.65 bits per heavy atom. The molecule has 8 N–H and O–H groups in total. The molecule has 2 bridgehead atoms. The summed E-state index contributed by atoms with van der Waals surface area (Å²) in [4.78, 5) is 52.6. The Kier molecular flexibility index (Phi) is 11.7. The number of rotatable bonds is 12. The Morgan fingerprint density at radius 1 is 0.648 bits per heavy atom. The van der Waals surface area contributed by atoms with Gasteiger partial charge in [0.1, 0.15) is 0 Å². The maximum absolute atomic E-state index is 14.2. The van der Waals surface area contributed by atoms with Crippen molar-refractivity contribution in [3.05, 3.63) is 95.1 Å². The number of esters is 4. The molecule has 0 saturated heterocycles. The molecular weight excluding hydrogens is 712 g/mol. The molecule has 0 aliphatic heterocycles. The molecule has 16 heteroatoms. The monoisotopic (exact) mass is 750 g/mol. The van der Waals surface area contributed by atoms with Gasteiger partial charge in [-0.2, -0.15) is 0 Å². The van der Waals surface area contributed by atoms with Gasteiger partial charge in [0.2, 0.25) is 12.2 Å². The number of carbonyl (C=O) groups is 4. The van der Waals surface area contributed by atoms with Gasteiger partial charge in [-0.05, 0) is 58.7 Å². The second-order valence-electron chi connectivity index (χ2n) is 12.8. The SMILES string of the molecule is COC(=O)C(Cc1ccc(O)c(O)c1)OC(=O)C=CC1=CC2C(O)C(O)C1C(C(=O)OC(Cc1ccc(O)c(O)c1)C(=O)OC)C2c1ccc(O)c(O)c1. The maximum Gasteiger partial charge on any atom is 0.347 e. The quantitative estimate of drug-likeness (QED) is 0.0567. The van der Waals surface area contributed by atoms with E-state index in [2.05, 4.69) is 0 Å². The minimum absolute atomic E-state index is 0.173. The van der Waals surface area contributed by atoms with Crippen LogP contribution in [0.2, 0.25) is 0 Å². The van der Waals surface area contributed by atoms with Crippen LogP contribution in [0.15, 0.2) is 78.4 Å². The second kappa shape index (κ2) is 16.2. The molecule has 0 heterocycles. The van der Waals surface area contributed by atoms with E-state index in [9.17, 15) is 60.0 Å². The third-order valence-corrected chi connectivity index (χ3v) is 9.51. The predicted octanol–water partition coefficient (Wildman–Crippen LogP) is 1.74. The molecule has 3 aliphatic carbocycles. The Hall–Kier alpha value is -6.26. The smallest absolute Gasteiger partial charge is 0.347 e. The van der Waals surface area contributed by atoms with Crippen molar-refractivity contribution in [3.63, 3.8) is 0 Å². The van der Waals surface area contributed by atoms with Gasteiger partial charge < -0.3 is 59.8 Å². The number of phenolic OH excluding ortho intramolecular Hbond substituents is 6. The Labute approximate surface area is 307 Å². The lowest BCUT2D eigenvalue weighted by Crippen LogP contribution is -2.57. The number of carbonyl (C=O) groups excluding carboxylic acids is 4. The van der Waals surface area contributed by atoms with Crippen molar-refractivity contribution in [2.45, 2.75) is 43.2 Å². The number of aliphatic hydroxyl groups is 2. The van der Waals surface area contributed by atoms with Gasteiger partial charge in [-0.15, -0.1) is 0 Å². The van der Waals surface area contributed by atoms with Gasteiger partial charge in [-0.25, -0.2) is 14.4 Å². The third kappa shape index (κ3) is 8.19. The van der Waals surface area contributed by atoms with Crippen molar-refractivity contribution in [2.24, 2.45) is 17.8 Å². The van der Waals surface area contributed by atoms with Crippen molar-refractivity contribution in [2.75, 3.05) is 14.2 Å². The van der Waals surface area contributed by atoms with Gasteiger partial charge in [0.15, 0.2) is 34.5 Å². The highest BCUT2D eigenvalue weighted by Gasteiger charge is 2.57. The lowest BCUT2D eigenvalue weighted by molar-refractivity contribution is -0.177. The van der Waals surface area contributed by atoms with Crippen LogP contribution in [0.4, 0.5) is 0 Å². The van der Waals surface area contributed by atoms with Gasteiger partial charge in [0.05, 0.1) is 32.3 Å². The van der Waals surface area contributed by atoms with E-state index in [0.717, 1.165) is 26.4 Å². The van der Waals surface area contributed by atoms with Crippen LogP contribution < -0.4 is 0 Å². The number of allylic oxidation sites excluding steroid dienone is 1. The standard InChI is InChI=1S/C38H38O16/c1-51-36(48)28(13-17-3-7-22(39)25(42)11-17)53-30(45)10-6-19-15-21-31(20-5-9-24(41)27(44)16-20)33(32(19)35(47)34(21)46)38(50)54-29(37(49)52-2)14-18-4-8-23(40)26(43)12-18/h3-12,15-16,21,28-29,31-35,39-44,46-47H,13-14H2,1-2H3. The molecule has 3 aromatic rings. The van der Waals surface area contributed by atoms with E-state index < -0.39 is 106 Å². The lowest BCUT2D eigenvalue weighted by atomic mass is 9.55. The van der Waals surface area contributed by atoms with Gasteiger partial charge in [0, 0.05) is 36.7 Å². The van der Waals surface area contributed by atoms with Gasteiger partial charge >= 0.3 is 23.9 Å². The largest absolute Gasteiger partial charge is 0.504 e. The number of methoxy groups -OCH3 is 2. The summed E-state index contributed by atoms with van der Waals surface area (Å²) in [5.74, 6) is -11.5. The normalized spacial score (nSPS) is 22.9. The molecule has 8 unspecified atom stereocenters. The first kappa shape index (κ1) is 39.0. The first-order valence-electron chi connectivity index (χ1n) is 16.5. The summed E-state index contributed by atoms with van der Waals surface area (Å²) in [6.45, 7) is 0. The highest BCUT2D eigenvalue weighted by atomic mass is 16.6. The molecule has 0 spiro atoms. The zero-order valence-corrected chi connectivity index (χ0v) is 28.8. The molecule has 8 atom stereocenters. The van der Waals surface area contributed by atoms with E-state index in [1.165, 1.54) is 60.7 Å². The van der Waals surface area contributed by atoms with Crippen molar-refractivity contribution >= 4 is 23.9 Å². The molecule has 286 valence electrons. The van der Waals surface area contributed by atoms with Crippen LogP contribution in [0.25, 0.3) is 0 Å². The fourth-order valence-corrected chi connectivity index (χ4v) is 6.90. The van der Waals surface area contributed by atoms with Crippen molar-refractivity contribution < 1.29 is 79.0 Å². The molecule has 6 rings (SSSR count). The number of ether oxygens (including phenoxy) is 4. The number of hydrogen-bond donors (Lipinski definition) is 8. The molecule has 3 aromatic carbocycles. The number of fused-ring (bicyclic) bond motifs is 2. The van der Waals surface area contributed by atoms with E-state index >= 15 is 0 Å². The Balaban J connectivity index is 1.47. The minimum Gasteiger partial charge on any atom is -0.504 e. The topological polar surface area (TPSA) is 267 Å². The molecule has 16 nitrogen and oxygen atoms in total. The van der Waals surface area contributed by atoms with E-state index in [-0.39, 0.29) is 29.5 Å². The van der Waals surface area contributed by atoms with Crippen LogP contribution in [0, 0.1) is 17.8 Å². The average Bonchev–Trinajstić information content (AvgIpc) is 3.14. The third-order valence-electron chi connectivity index (χ3n) is 9.51. The molecule has 1 fully saturated rings. The van der Waals surface area contributed by atoms with Crippen LogP contribution in [-0.4, -0.2) is 103 Å². The minimum atomic E-state index is -1.62. The average molecular weight is 751 g/mol. The first-order chi connectivity index (χ1) is 25.6.